The van der Waals surface area contributed by atoms with Gasteiger partial charge >= 0.3 is 5.97 Å². The number of rotatable bonds is 15. The Hall–Kier alpha value is -1.69. The topological polar surface area (TPSA) is 92.7 Å². The zero-order valence-electron chi connectivity index (χ0n) is 17.7. The molecule has 0 saturated carbocycles. The van der Waals surface area contributed by atoms with E-state index < -0.39 is 5.97 Å². The van der Waals surface area contributed by atoms with Crippen molar-refractivity contribution in [1.82, 2.24) is 5.32 Å². The molecule has 2 bridgehead atoms. The van der Waals surface area contributed by atoms with Gasteiger partial charge in [-0.05, 0) is 38.5 Å². The van der Waals surface area contributed by atoms with Gasteiger partial charge in [-0.15, -0.1) is 0 Å². The second-order valence-corrected chi connectivity index (χ2v) is 8.40. The predicted octanol–water partition coefficient (Wildman–Crippen LogP) is 4.03. The fourth-order valence-corrected chi connectivity index (χ4v) is 4.41. The number of Topliss-reactive ketones (excluding diaryl/α,β-unsaturated/α-hetero) is 1. The monoisotopic (exact) mass is 407 g/mol. The number of carbonyl (C=O) groups is 3. The number of amides is 1. The number of aliphatic carboxylic acids is 1. The highest BCUT2D eigenvalue weighted by molar-refractivity contribution is 5.84. The summed E-state index contributed by atoms with van der Waals surface area (Å²) in [5.74, 6) is -0.0139. The van der Waals surface area contributed by atoms with Gasteiger partial charge in [-0.25, -0.2) is 0 Å². The molecule has 2 aliphatic rings. The summed E-state index contributed by atoms with van der Waals surface area (Å²) in [7, 11) is 0. The molecule has 0 spiro atoms. The van der Waals surface area contributed by atoms with E-state index in [4.69, 9.17) is 9.84 Å². The first-order valence-corrected chi connectivity index (χ1v) is 11.3. The van der Waals surface area contributed by atoms with E-state index in [1.165, 1.54) is 0 Å². The average Bonchev–Trinajstić information content (AvgIpc) is 3.29. The van der Waals surface area contributed by atoms with Crippen LogP contribution in [-0.2, 0) is 19.1 Å². The largest absolute Gasteiger partial charge is 0.481 e. The number of allylic oxidation sites excluding steroid dienone is 1. The summed E-state index contributed by atoms with van der Waals surface area (Å²) in [6.45, 7) is 2.71. The van der Waals surface area contributed by atoms with Crippen LogP contribution in [0, 0.1) is 11.8 Å². The van der Waals surface area contributed by atoms with Crippen LogP contribution in [0.3, 0.4) is 0 Å². The van der Waals surface area contributed by atoms with E-state index >= 15 is 0 Å². The van der Waals surface area contributed by atoms with Crippen LogP contribution in [0.1, 0.15) is 84.0 Å². The summed E-state index contributed by atoms with van der Waals surface area (Å²) in [5, 5.41) is 11.7. The van der Waals surface area contributed by atoms with Crippen LogP contribution in [0.2, 0.25) is 0 Å². The van der Waals surface area contributed by atoms with Crippen LogP contribution < -0.4 is 5.32 Å². The Kier molecular flexibility index (Phi) is 10.4. The number of ether oxygens (including phenoxy) is 1. The molecule has 1 amide bonds. The highest BCUT2D eigenvalue weighted by atomic mass is 16.5. The van der Waals surface area contributed by atoms with Crippen molar-refractivity contribution in [3.05, 3.63) is 12.2 Å². The molecule has 2 saturated heterocycles. The molecule has 0 unspecified atom stereocenters. The lowest BCUT2D eigenvalue weighted by Gasteiger charge is -2.26. The molecule has 0 aromatic rings. The lowest BCUT2D eigenvalue weighted by molar-refractivity contribution is -0.137. The molecule has 2 fully saturated rings. The van der Waals surface area contributed by atoms with Crippen molar-refractivity contribution < 1.29 is 24.2 Å². The Morgan fingerprint density at radius 2 is 1.76 bits per heavy atom. The minimum atomic E-state index is -0.742. The quantitative estimate of drug-likeness (QED) is 0.316. The third-order valence-corrected chi connectivity index (χ3v) is 6.08. The molecular formula is C23H37NO5. The third-order valence-electron chi connectivity index (χ3n) is 6.08. The van der Waals surface area contributed by atoms with Crippen molar-refractivity contribution in [1.29, 1.82) is 0 Å². The van der Waals surface area contributed by atoms with E-state index in [1.807, 2.05) is 0 Å². The van der Waals surface area contributed by atoms with Crippen LogP contribution >= 0.6 is 0 Å². The first-order valence-electron chi connectivity index (χ1n) is 11.3. The number of carboxylic acids is 1. The van der Waals surface area contributed by atoms with Crippen LogP contribution in [-0.4, -0.2) is 41.5 Å². The van der Waals surface area contributed by atoms with Gasteiger partial charge in [0.05, 0.1) is 12.2 Å². The van der Waals surface area contributed by atoms with E-state index in [0.29, 0.717) is 31.7 Å². The maximum Gasteiger partial charge on any atom is 0.303 e. The van der Waals surface area contributed by atoms with Crippen LogP contribution in [0.15, 0.2) is 12.2 Å². The predicted molar refractivity (Wildman–Crippen MR) is 112 cm³/mol. The fourth-order valence-electron chi connectivity index (χ4n) is 4.41. The smallest absolute Gasteiger partial charge is 0.303 e. The molecule has 2 N–H and O–H groups in total. The number of carboxylic acid groups (broad SMARTS) is 1. The molecular weight excluding hydrogens is 370 g/mol. The summed E-state index contributed by atoms with van der Waals surface area (Å²) < 4.78 is 6.06. The number of nitrogens with one attached hydrogen (secondary N) is 1. The Morgan fingerprint density at radius 3 is 2.52 bits per heavy atom. The van der Waals surface area contributed by atoms with Gasteiger partial charge in [0, 0.05) is 44.1 Å². The van der Waals surface area contributed by atoms with Crippen molar-refractivity contribution in [2.75, 3.05) is 6.54 Å². The maximum absolute atomic E-state index is 12.2. The van der Waals surface area contributed by atoms with Crippen LogP contribution in [0.4, 0.5) is 0 Å². The molecule has 29 heavy (non-hydrogen) atoms. The van der Waals surface area contributed by atoms with Crippen molar-refractivity contribution in [2.24, 2.45) is 11.8 Å². The Labute approximate surface area is 174 Å². The second-order valence-electron chi connectivity index (χ2n) is 8.40. The molecule has 6 nitrogen and oxygen atoms in total. The fraction of sp³-hybridized carbons (Fsp3) is 0.783. The van der Waals surface area contributed by atoms with Gasteiger partial charge in [0.25, 0.3) is 0 Å². The number of carbonyl (C=O) groups excluding carboxylic acids is 2. The summed E-state index contributed by atoms with van der Waals surface area (Å²) in [4.78, 5) is 34.5. The SMILES string of the molecule is CCCCCC(=O)CCC(=O)NC[C@@H]1[C@H](/C=C\CCCCC(=O)O)[C@@H]2CC[C@H]1O2. The number of fused-ring (bicyclic) bond motifs is 2. The number of hydrogen-bond donors (Lipinski definition) is 2. The van der Waals surface area contributed by atoms with Gasteiger partial charge in [0.15, 0.2) is 0 Å². The van der Waals surface area contributed by atoms with E-state index in [0.717, 1.165) is 44.9 Å². The number of hydrogen-bond acceptors (Lipinski definition) is 4. The lowest BCUT2D eigenvalue weighted by Crippen LogP contribution is -2.37. The van der Waals surface area contributed by atoms with Crippen molar-refractivity contribution >= 4 is 17.7 Å². The highest BCUT2D eigenvalue weighted by Crippen LogP contribution is 2.43. The first kappa shape index (κ1) is 23.6. The molecule has 2 aliphatic heterocycles. The lowest BCUT2D eigenvalue weighted by atomic mass is 9.79. The molecule has 4 atom stereocenters. The molecule has 2 rings (SSSR count). The Bertz CT molecular complexity index is 574. The summed E-state index contributed by atoms with van der Waals surface area (Å²) in [6.07, 6.45) is 13.8. The Morgan fingerprint density at radius 1 is 1.00 bits per heavy atom. The van der Waals surface area contributed by atoms with Gasteiger partial charge < -0.3 is 15.2 Å². The summed E-state index contributed by atoms with van der Waals surface area (Å²) in [5.41, 5.74) is 0. The van der Waals surface area contributed by atoms with Crippen LogP contribution in [0.25, 0.3) is 0 Å². The van der Waals surface area contributed by atoms with Crippen molar-refractivity contribution in [3.8, 4) is 0 Å². The third kappa shape index (κ3) is 8.29. The molecule has 2 heterocycles. The maximum atomic E-state index is 12.2. The standard InChI is InChI=1S/C23H37NO5/c1-2-3-6-9-17(25)12-15-22(26)24-16-19-18(20-13-14-21(19)29-20)10-7-4-5-8-11-23(27)28/h7,10,18-21H,2-6,8-9,11-16H2,1H3,(H,24,26)(H,27,28)/b10-7-/t18-,19+,20-,21+/m0/s1. The first-order chi connectivity index (χ1) is 14.0. The van der Waals surface area contributed by atoms with Crippen molar-refractivity contribution in [2.45, 2.75) is 96.2 Å². The van der Waals surface area contributed by atoms with E-state index in [1.54, 1.807) is 0 Å². The van der Waals surface area contributed by atoms with Gasteiger partial charge in [0.2, 0.25) is 5.91 Å². The van der Waals surface area contributed by atoms with E-state index in [-0.39, 0.29) is 42.7 Å². The Balaban J connectivity index is 1.68. The highest BCUT2D eigenvalue weighted by Gasteiger charge is 2.47. The zero-order chi connectivity index (χ0) is 21.1. The van der Waals surface area contributed by atoms with Crippen molar-refractivity contribution in [3.63, 3.8) is 0 Å². The normalized spacial score (nSPS) is 25.6. The van der Waals surface area contributed by atoms with Crippen LogP contribution in [0.5, 0.6) is 0 Å². The van der Waals surface area contributed by atoms with E-state index in [9.17, 15) is 14.4 Å². The van der Waals surface area contributed by atoms with Gasteiger partial charge in [0.1, 0.15) is 5.78 Å². The molecule has 0 aliphatic carbocycles. The number of ketones is 1. The summed E-state index contributed by atoms with van der Waals surface area (Å²) >= 11 is 0. The molecule has 0 aromatic carbocycles. The zero-order valence-corrected chi connectivity index (χ0v) is 17.7. The average molecular weight is 408 g/mol. The van der Waals surface area contributed by atoms with Gasteiger partial charge in [-0.1, -0.05) is 31.9 Å². The van der Waals surface area contributed by atoms with Gasteiger partial charge in [-0.2, -0.15) is 0 Å². The molecule has 164 valence electrons. The number of unbranched alkanes of at least 4 members (excludes halogenated alkanes) is 4. The minimum absolute atomic E-state index is 0.0481. The van der Waals surface area contributed by atoms with E-state index in [2.05, 4.69) is 24.4 Å². The molecule has 0 aromatic heterocycles. The molecule has 0 radical (unpaired) electrons. The van der Waals surface area contributed by atoms with Gasteiger partial charge in [-0.3, -0.25) is 14.4 Å². The minimum Gasteiger partial charge on any atom is -0.481 e. The molecule has 6 heteroatoms. The second kappa shape index (κ2) is 12.8. The summed E-state index contributed by atoms with van der Waals surface area (Å²) in [6, 6.07) is 0.